The summed E-state index contributed by atoms with van der Waals surface area (Å²) in [5.74, 6) is -0.616. The molecule has 5 heteroatoms. The van der Waals surface area contributed by atoms with Crippen LogP contribution < -0.4 is 10.0 Å². The molecule has 0 bridgehead atoms. The number of hydrogen-bond acceptors (Lipinski definition) is 2. The predicted octanol–water partition coefficient (Wildman–Crippen LogP) is 2.27. The van der Waals surface area contributed by atoms with Gasteiger partial charge in [0.15, 0.2) is 12.4 Å². The lowest BCUT2D eigenvalue weighted by atomic mass is 9.87. The second kappa shape index (κ2) is 5.52. The van der Waals surface area contributed by atoms with Crippen molar-refractivity contribution in [3.05, 3.63) is 70.4 Å². The van der Waals surface area contributed by atoms with Crippen molar-refractivity contribution in [2.24, 2.45) is 0 Å². The lowest BCUT2D eigenvalue weighted by Gasteiger charge is -2.26. The van der Waals surface area contributed by atoms with Crippen LogP contribution >= 0.6 is 0 Å². The molecule has 3 rings (SSSR count). The maximum absolute atomic E-state index is 13.4. The van der Waals surface area contributed by atoms with Crippen molar-refractivity contribution in [2.45, 2.75) is 25.3 Å². The normalized spacial score (nSPS) is 17.1. The molecule has 0 radical (unpaired) electrons. The number of benzene rings is 1. The van der Waals surface area contributed by atoms with Crippen LogP contribution in [0.3, 0.4) is 0 Å². The zero-order valence-electron chi connectivity index (χ0n) is 11.4. The van der Waals surface area contributed by atoms with Crippen molar-refractivity contribution < 1.29 is 13.9 Å². The highest BCUT2D eigenvalue weighted by atomic mass is 19.1. The van der Waals surface area contributed by atoms with Gasteiger partial charge in [-0.05, 0) is 48.6 Å². The highest BCUT2D eigenvalue weighted by Crippen LogP contribution is 2.30. The average molecular weight is 286 g/mol. The minimum Gasteiger partial charge on any atom is -0.619 e. The van der Waals surface area contributed by atoms with Crippen molar-refractivity contribution >= 4 is 5.91 Å². The van der Waals surface area contributed by atoms with Crippen LogP contribution in [0.15, 0.2) is 42.7 Å². The fourth-order valence-electron chi connectivity index (χ4n) is 2.75. The first-order valence-corrected chi connectivity index (χ1v) is 6.91. The topological polar surface area (TPSA) is 56.0 Å². The molecule has 2 aromatic rings. The Balaban J connectivity index is 1.83. The summed E-state index contributed by atoms with van der Waals surface area (Å²) >= 11 is 0. The third-order valence-electron chi connectivity index (χ3n) is 3.76. The van der Waals surface area contributed by atoms with E-state index in [0.29, 0.717) is 10.3 Å². The summed E-state index contributed by atoms with van der Waals surface area (Å²) in [6.45, 7) is 0. The second-order valence-corrected chi connectivity index (χ2v) is 5.21. The molecule has 1 aliphatic carbocycles. The minimum absolute atomic E-state index is 0.211. The van der Waals surface area contributed by atoms with Gasteiger partial charge < -0.3 is 10.5 Å². The Morgan fingerprint density at radius 2 is 2.24 bits per heavy atom. The number of nitrogens with zero attached hydrogens (tertiary/aromatic N) is 1. The maximum atomic E-state index is 13.4. The summed E-state index contributed by atoms with van der Waals surface area (Å²) in [5.41, 5.74) is 2.21. The van der Waals surface area contributed by atoms with Crippen LogP contribution in [0.1, 0.15) is 40.4 Å². The van der Waals surface area contributed by atoms with E-state index in [2.05, 4.69) is 5.32 Å². The predicted molar refractivity (Wildman–Crippen MR) is 74.9 cm³/mol. The summed E-state index contributed by atoms with van der Waals surface area (Å²) in [6.07, 6.45) is 5.16. The molecule has 0 spiro atoms. The summed E-state index contributed by atoms with van der Waals surface area (Å²) in [7, 11) is 0. The molecule has 21 heavy (non-hydrogen) atoms. The Hall–Kier alpha value is -2.43. The third-order valence-corrected chi connectivity index (χ3v) is 3.76. The quantitative estimate of drug-likeness (QED) is 0.680. The van der Waals surface area contributed by atoms with Gasteiger partial charge in [0, 0.05) is 6.07 Å². The summed E-state index contributed by atoms with van der Waals surface area (Å²) in [6, 6.07) is 7.60. The highest BCUT2D eigenvalue weighted by Gasteiger charge is 2.23. The lowest BCUT2D eigenvalue weighted by molar-refractivity contribution is -0.605. The smallest absolute Gasteiger partial charge is 0.257 e. The molecule has 1 aromatic carbocycles. The summed E-state index contributed by atoms with van der Waals surface area (Å²) in [4.78, 5) is 12.2. The number of hydrogen-bond donors (Lipinski definition) is 1. The highest BCUT2D eigenvalue weighted by molar-refractivity contribution is 5.93. The molecule has 0 saturated heterocycles. The van der Waals surface area contributed by atoms with E-state index in [4.69, 9.17) is 0 Å². The zero-order chi connectivity index (χ0) is 14.8. The SMILES string of the molecule is O=C(N[C@@H]1CCCc2ccc(F)cc21)c1ccc[n+]([O-])c1. The standard InChI is InChI=1S/C16H15FN2O2/c17-13-7-6-11-3-1-5-15(14(11)9-13)18-16(20)12-4-2-8-19(21)10-12/h2,4,6-10,15H,1,3,5H2,(H,18,20)/t15-/m1/s1. The molecule has 1 aromatic heterocycles. The van der Waals surface area contributed by atoms with Gasteiger partial charge in [-0.2, -0.15) is 4.73 Å². The Kier molecular flexibility index (Phi) is 3.56. The molecular formula is C16H15FN2O2. The van der Waals surface area contributed by atoms with Crippen LogP contribution in [0, 0.1) is 11.0 Å². The van der Waals surface area contributed by atoms with Crippen LogP contribution in [-0.2, 0) is 6.42 Å². The van der Waals surface area contributed by atoms with Gasteiger partial charge in [-0.15, -0.1) is 0 Å². The first-order chi connectivity index (χ1) is 10.1. The molecular weight excluding hydrogens is 271 g/mol. The number of aromatic nitrogens is 1. The Morgan fingerprint density at radius 3 is 3.05 bits per heavy atom. The number of carbonyl (C=O) groups is 1. The van der Waals surface area contributed by atoms with Crippen LogP contribution in [-0.4, -0.2) is 5.91 Å². The number of fused-ring (bicyclic) bond motifs is 1. The van der Waals surface area contributed by atoms with E-state index < -0.39 is 0 Å². The third kappa shape index (κ3) is 2.86. The van der Waals surface area contributed by atoms with Crippen molar-refractivity contribution in [3.63, 3.8) is 0 Å². The van der Waals surface area contributed by atoms with Gasteiger partial charge in [-0.25, -0.2) is 4.39 Å². The van der Waals surface area contributed by atoms with Crippen LogP contribution in [0.4, 0.5) is 4.39 Å². The van der Waals surface area contributed by atoms with E-state index in [1.54, 1.807) is 12.1 Å². The van der Waals surface area contributed by atoms with E-state index in [0.717, 1.165) is 30.4 Å². The number of rotatable bonds is 2. The van der Waals surface area contributed by atoms with Crippen LogP contribution in [0.25, 0.3) is 0 Å². The van der Waals surface area contributed by atoms with E-state index in [-0.39, 0.29) is 17.8 Å². The Bertz CT molecular complexity index is 688. The fraction of sp³-hybridized carbons (Fsp3) is 0.250. The molecule has 1 atom stereocenters. The largest absolute Gasteiger partial charge is 0.619 e. The molecule has 0 aliphatic heterocycles. The van der Waals surface area contributed by atoms with Gasteiger partial charge in [0.1, 0.15) is 11.4 Å². The van der Waals surface area contributed by atoms with Crippen molar-refractivity contribution in [3.8, 4) is 0 Å². The number of carbonyl (C=O) groups excluding carboxylic acids is 1. The first kappa shape index (κ1) is 13.5. The average Bonchev–Trinajstić information content (AvgIpc) is 2.48. The molecule has 108 valence electrons. The van der Waals surface area contributed by atoms with Gasteiger partial charge in [-0.1, -0.05) is 6.07 Å². The van der Waals surface area contributed by atoms with Gasteiger partial charge >= 0.3 is 0 Å². The van der Waals surface area contributed by atoms with Gasteiger partial charge in [0.25, 0.3) is 5.91 Å². The van der Waals surface area contributed by atoms with E-state index in [1.165, 1.54) is 30.6 Å². The molecule has 1 aliphatic rings. The number of amides is 1. The second-order valence-electron chi connectivity index (χ2n) is 5.21. The van der Waals surface area contributed by atoms with Crippen LogP contribution in [0.5, 0.6) is 0 Å². The monoisotopic (exact) mass is 286 g/mol. The molecule has 0 unspecified atom stereocenters. The van der Waals surface area contributed by atoms with Crippen molar-refractivity contribution in [1.29, 1.82) is 0 Å². The number of halogens is 1. The molecule has 1 amide bonds. The van der Waals surface area contributed by atoms with Gasteiger partial charge in [0.2, 0.25) is 0 Å². The summed E-state index contributed by atoms with van der Waals surface area (Å²) in [5, 5.41) is 14.1. The number of aryl methyl sites for hydroxylation is 1. The zero-order valence-corrected chi connectivity index (χ0v) is 11.4. The molecule has 0 saturated carbocycles. The van der Waals surface area contributed by atoms with Crippen molar-refractivity contribution in [1.82, 2.24) is 5.32 Å². The molecule has 1 heterocycles. The van der Waals surface area contributed by atoms with Gasteiger partial charge in [0.05, 0.1) is 6.04 Å². The Morgan fingerprint density at radius 1 is 1.38 bits per heavy atom. The van der Waals surface area contributed by atoms with E-state index in [9.17, 15) is 14.4 Å². The number of pyridine rings is 1. The molecule has 0 fully saturated rings. The van der Waals surface area contributed by atoms with Crippen molar-refractivity contribution in [2.75, 3.05) is 0 Å². The van der Waals surface area contributed by atoms with Crippen LogP contribution in [0.2, 0.25) is 0 Å². The summed E-state index contributed by atoms with van der Waals surface area (Å²) < 4.78 is 14.0. The fourth-order valence-corrected chi connectivity index (χ4v) is 2.75. The van der Waals surface area contributed by atoms with E-state index >= 15 is 0 Å². The maximum Gasteiger partial charge on any atom is 0.257 e. The van der Waals surface area contributed by atoms with Gasteiger partial charge in [-0.3, -0.25) is 4.79 Å². The first-order valence-electron chi connectivity index (χ1n) is 6.91. The lowest BCUT2D eigenvalue weighted by Crippen LogP contribution is -2.33. The molecule has 1 N–H and O–H groups in total. The Labute approximate surface area is 121 Å². The number of nitrogens with one attached hydrogen (secondary N) is 1. The molecule has 4 nitrogen and oxygen atoms in total. The minimum atomic E-state index is -0.317. The van der Waals surface area contributed by atoms with E-state index in [1.807, 2.05) is 0 Å².